The van der Waals surface area contributed by atoms with Crippen LogP contribution >= 0.6 is 0 Å². The van der Waals surface area contributed by atoms with Gasteiger partial charge in [0.1, 0.15) is 5.82 Å². The molecule has 0 bridgehead atoms. The molecule has 1 atom stereocenters. The highest BCUT2D eigenvalue weighted by molar-refractivity contribution is 5.69. The lowest BCUT2D eigenvalue weighted by Gasteiger charge is -2.27. The van der Waals surface area contributed by atoms with E-state index >= 15 is 0 Å². The number of aliphatic carboxylic acids is 1. The Morgan fingerprint density at radius 3 is 3.00 bits per heavy atom. The number of hydrogen-bond donors (Lipinski definition) is 1. The number of hydrogen-bond acceptors (Lipinski definition) is 2. The zero-order valence-corrected chi connectivity index (χ0v) is 10.5. The van der Waals surface area contributed by atoms with Crippen LogP contribution in [-0.4, -0.2) is 29.1 Å². The van der Waals surface area contributed by atoms with Gasteiger partial charge in [0.15, 0.2) is 0 Å². The average Bonchev–Trinajstić information content (AvgIpc) is 2.70. The largest absolute Gasteiger partial charge is 0.480 e. The molecule has 0 heterocycles. The summed E-state index contributed by atoms with van der Waals surface area (Å²) < 4.78 is 13.1. The monoisotopic (exact) mass is 251 g/mol. The van der Waals surface area contributed by atoms with Crippen molar-refractivity contribution in [1.82, 2.24) is 4.90 Å². The van der Waals surface area contributed by atoms with E-state index in [9.17, 15) is 9.18 Å². The van der Waals surface area contributed by atoms with Crippen molar-refractivity contribution < 1.29 is 14.3 Å². The summed E-state index contributed by atoms with van der Waals surface area (Å²) in [5, 5.41) is 8.96. The van der Waals surface area contributed by atoms with Gasteiger partial charge in [0.2, 0.25) is 0 Å². The molecule has 0 fully saturated rings. The molecule has 0 aromatic heterocycles. The van der Waals surface area contributed by atoms with Gasteiger partial charge >= 0.3 is 5.97 Å². The Bertz CT molecular complexity index is 447. The standard InChI is InChI=1S/C14H18FNO2/c1-2-7-16(9-14(17)18)13-6-3-10-8-11(15)4-5-12(10)13/h4-5,8,13H,2-3,6-7,9H2,1H3,(H,17,18). The second kappa shape index (κ2) is 5.48. The van der Waals surface area contributed by atoms with Crippen LogP contribution in [0.4, 0.5) is 4.39 Å². The Hall–Kier alpha value is -1.42. The van der Waals surface area contributed by atoms with E-state index in [1.54, 1.807) is 12.1 Å². The van der Waals surface area contributed by atoms with E-state index in [-0.39, 0.29) is 18.4 Å². The first-order chi connectivity index (χ1) is 8.61. The Balaban J connectivity index is 2.21. The molecule has 0 amide bonds. The number of carboxylic acids is 1. The summed E-state index contributed by atoms with van der Waals surface area (Å²) in [7, 11) is 0. The molecule has 0 saturated carbocycles. The van der Waals surface area contributed by atoms with Gasteiger partial charge in [-0.25, -0.2) is 4.39 Å². The van der Waals surface area contributed by atoms with Crippen LogP contribution in [0.3, 0.4) is 0 Å². The maximum atomic E-state index is 13.1. The molecule has 0 spiro atoms. The SMILES string of the molecule is CCCN(CC(=O)O)C1CCc2cc(F)ccc21. The van der Waals surface area contributed by atoms with Gasteiger partial charge in [-0.05, 0) is 49.1 Å². The quantitative estimate of drug-likeness (QED) is 0.874. The van der Waals surface area contributed by atoms with E-state index in [2.05, 4.69) is 0 Å². The number of carbonyl (C=O) groups is 1. The number of fused-ring (bicyclic) bond motifs is 1. The topological polar surface area (TPSA) is 40.5 Å². The maximum absolute atomic E-state index is 13.1. The fourth-order valence-corrected chi connectivity index (χ4v) is 2.75. The van der Waals surface area contributed by atoms with Gasteiger partial charge < -0.3 is 5.11 Å². The summed E-state index contributed by atoms with van der Waals surface area (Å²) >= 11 is 0. The minimum atomic E-state index is -0.806. The van der Waals surface area contributed by atoms with Crippen LogP contribution in [0, 0.1) is 5.82 Å². The number of aryl methyl sites for hydroxylation is 1. The van der Waals surface area contributed by atoms with E-state index in [1.165, 1.54) is 6.07 Å². The molecule has 0 saturated heterocycles. The number of benzene rings is 1. The first-order valence-electron chi connectivity index (χ1n) is 6.36. The van der Waals surface area contributed by atoms with Crippen LogP contribution in [0.5, 0.6) is 0 Å². The third kappa shape index (κ3) is 2.70. The molecule has 1 aliphatic carbocycles. The molecule has 0 aliphatic heterocycles. The highest BCUT2D eigenvalue weighted by Crippen LogP contribution is 2.35. The Kier molecular flexibility index (Phi) is 3.97. The first-order valence-corrected chi connectivity index (χ1v) is 6.36. The molecular weight excluding hydrogens is 233 g/mol. The lowest BCUT2D eigenvalue weighted by atomic mass is 10.1. The molecule has 0 radical (unpaired) electrons. The second-order valence-electron chi connectivity index (χ2n) is 4.76. The van der Waals surface area contributed by atoms with Crippen molar-refractivity contribution >= 4 is 5.97 Å². The first kappa shape index (κ1) is 13.0. The summed E-state index contributed by atoms with van der Waals surface area (Å²) in [6.45, 7) is 2.85. The number of halogens is 1. The van der Waals surface area contributed by atoms with Gasteiger partial charge in [0.25, 0.3) is 0 Å². The summed E-state index contributed by atoms with van der Waals surface area (Å²) in [6.07, 6.45) is 2.63. The zero-order chi connectivity index (χ0) is 13.1. The van der Waals surface area contributed by atoms with Crippen LogP contribution in [0.15, 0.2) is 18.2 Å². The predicted molar refractivity (Wildman–Crippen MR) is 67.0 cm³/mol. The van der Waals surface area contributed by atoms with Crippen LogP contribution in [-0.2, 0) is 11.2 Å². The molecule has 2 rings (SSSR count). The molecule has 18 heavy (non-hydrogen) atoms. The summed E-state index contributed by atoms with van der Waals surface area (Å²) in [4.78, 5) is 12.9. The fraction of sp³-hybridized carbons (Fsp3) is 0.500. The number of nitrogens with zero attached hydrogens (tertiary/aromatic N) is 1. The van der Waals surface area contributed by atoms with Crippen molar-refractivity contribution in [3.63, 3.8) is 0 Å². The average molecular weight is 251 g/mol. The van der Waals surface area contributed by atoms with E-state index in [0.29, 0.717) is 0 Å². The Morgan fingerprint density at radius 1 is 1.56 bits per heavy atom. The van der Waals surface area contributed by atoms with Crippen LogP contribution in [0.1, 0.15) is 36.9 Å². The minimum absolute atomic E-state index is 0.0509. The normalized spacial score (nSPS) is 18.1. The van der Waals surface area contributed by atoms with E-state index < -0.39 is 5.97 Å². The molecule has 1 aromatic rings. The van der Waals surface area contributed by atoms with Gasteiger partial charge in [-0.1, -0.05) is 13.0 Å². The van der Waals surface area contributed by atoms with Gasteiger partial charge in [0, 0.05) is 6.04 Å². The van der Waals surface area contributed by atoms with E-state index in [4.69, 9.17) is 5.11 Å². The molecular formula is C14H18FNO2. The van der Waals surface area contributed by atoms with Crippen LogP contribution in [0.2, 0.25) is 0 Å². The molecule has 1 unspecified atom stereocenters. The molecule has 1 aliphatic rings. The van der Waals surface area contributed by atoms with E-state index in [1.807, 2.05) is 11.8 Å². The van der Waals surface area contributed by atoms with Gasteiger partial charge in [-0.3, -0.25) is 9.69 Å². The van der Waals surface area contributed by atoms with Gasteiger partial charge in [0.05, 0.1) is 6.54 Å². The van der Waals surface area contributed by atoms with Gasteiger partial charge in [-0.2, -0.15) is 0 Å². The fourth-order valence-electron chi connectivity index (χ4n) is 2.75. The third-order valence-corrected chi connectivity index (χ3v) is 3.44. The number of carboxylic acid groups (broad SMARTS) is 1. The van der Waals surface area contributed by atoms with Crippen molar-refractivity contribution in [3.05, 3.63) is 35.1 Å². The van der Waals surface area contributed by atoms with E-state index in [0.717, 1.165) is 36.9 Å². The second-order valence-corrected chi connectivity index (χ2v) is 4.76. The lowest BCUT2D eigenvalue weighted by Crippen LogP contribution is -2.33. The summed E-state index contributed by atoms with van der Waals surface area (Å²) in [5.41, 5.74) is 2.11. The lowest BCUT2D eigenvalue weighted by molar-refractivity contribution is -0.139. The highest BCUT2D eigenvalue weighted by Gasteiger charge is 2.28. The minimum Gasteiger partial charge on any atom is -0.480 e. The molecule has 4 heteroatoms. The van der Waals surface area contributed by atoms with Crippen LogP contribution in [0.25, 0.3) is 0 Å². The Morgan fingerprint density at radius 2 is 2.33 bits per heavy atom. The maximum Gasteiger partial charge on any atom is 0.317 e. The third-order valence-electron chi connectivity index (χ3n) is 3.44. The van der Waals surface area contributed by atoms with Crippen molar-refractivity contribution in [2.24, 2.45) is 0 Å². The van der Waals surface area contributed by atoms with Crippen molar-refractivity contribution in [3.8, 4) is 0 Å². The molecule has 98 valence electrons. The van der Waals surface area contributed by atoms with Crippen molar-refractivity contribution in [2.75, 3.05) is 13.1 Å². The molecule has 3 nitrogen and oxygen atoms in total. The highest BCUT2D eigenvalue weighted by atomic mass is 19.1. The molecule has 1 aromatic carbocycles. The summed E-state index contributed by atoms with van der Waals surface area (Å²) in [6, 6.07) is 4.95. The smallest absolute Gasteiger partial charge is 0.317 e. The van der Waals surface area contributed by atoms with Crippen molar-refractivity contribution in [2.45, 2.75) is 32.2 Å². The van der Waals surface area contributed by atoms with Gasteiger partial charge in [-0.15, -0.1) is 0 Å². The predicted octanol–water partition coefficient (Wildman–Crippen LogP) is 2.61. The van der Waals surface area contributed by atoms with Crippen molar-refractivity contribution in [1.29, 1.82) is 0 Å². The zero-order valence-electron chi connectivity index (χ0n) is 10.5. The summed E-state index contributed by atoms with van der Waals surface area (Å²) in [5.74, 6) is -1.02. The number of rotatable bonds is 5. The molecule has 1 N–H and O–H groups in total. The Labute approximate surface area is 106 Å². The van der Waals surface area contributed by atoms with Crippen LogP contribution < -0.4 is 0 Å².